The molecule has 0 radical (unpaired) electrons. The second-order valence-corrected chi connectivity index (χ2v) is 4.80. The van der Waals surface area contributed by atoms with E-state index >= 15 is 0 Å². The SMILES string of the molecule is COc1ccc(/C(C)=N\NC(=O)c2ccc[nH]2)cc1CC(=O)[O-]. The molecule has 0 atom stereocenters. The van der Waals surface area contributed by atoms with Crippen molar-refractivity contribution in [1.29, 1.82) is 0 Å². The van der Waals surface area contributed by atoms with E-state index in [0.29, 0.717) is 28.3 Å². The van der Waals surface area contributed by atoms with Crippen LogP contribution in [0.25, 0.3) is 0 Å². The van der Waals surface area contributed by atoms with Crippen molar-refractivity contribution in [2.45, 2.75) is 13.3 Å². The van der Waals surface area contributed by atoms with Crippen LogP contribution in [0.2, 0.25) is 0 Å². The molecule has 0 fully saturated rings. The Balaban J connectivity index is 2.18. The number of nitrogens with zero attached hydrogens (tertiary/aromatic N) is 1. The zero-order valence-corrected chi connectivity index (χ0v) is 12.8. The third-order valence-electron chi connectivity index (χ3n) is 3.20. The highest BCUT2D eigenvalue weighted by Crippen LogP contribution is 2.20. The Hall–Kier alpha value is -3.09. The number of nitrogens with one attached hydrogen (secondary N) is 2. The summed E-state index contributed by atoms with van der Waals surface area (Å²) < 4.78 is 5.12. The Bertz CT molecular complexity index is 736. The van der Waals surface area contributed by atoms with Crippen molar-refractivity contribution >= 4 is 17.6 Å². The van der Waals surface area contributed by atoms with E-state index in [-0.39, 0.29) is 12.3 Å². The standard InChI is InChI=1S/C16H17N3O4/c1-10(18-19-16(22)13-4-3-7-17-13)11-5-6-14(23-2)12(8-11)9-15(20)21/h3-8,17H,9H2,1-2H3,(H,19,22)(H,20,21)/p-1/b18-10-. The molecule has 0 spiro atoms. The highest BCUT2D eigenvalue weighted by molar-refractivity contribution is 6.00. The fourth-order valence-corrected chi connectivity index (χ4v) is 2.03. The normalized spacial score (nSPS) is 11.1. The number of aromatic nitrogens is 1. The first-order valence-corrected chi connectivity index (χ1v) is 6.86. The third-order valence-corrected chi connectivity index (χ3v) is 3.20. The largest absolute Gasteiger partial charge is 0.550 e. The third kappa shape index (κ3) is 4.19. The van der Waals surface area contributed by atoms with Gasteiger partial charge in [-0.25, -0.2) is 5.43 Å². The van der Waals surface area contributed by atoms with Crippen molar-refractivity contribution in [2.75, 3.05) is 7.11 Å². The average Bonchev–Trinajstić information content (AvgIpc) is 3.06. The maximum absolute atomic E-state index is 11.8. The van der Waals surface area contributed by atoms with Gasteiger partial charge in [0.25, 0.3) is 5.91 Å². The topological polar surface area (TPSA) is 107 Å². The molecule has 0 aliphatic rings. The summed E-state index contributed by atoms with van der Waals surface area (Å²) in [5, 5.41) is 14.8. The molecular formula is C16H16N3O4-. The molecule has 0 saturated carbocycles. The van der Waals surface area contributed by atoms with Crippen molar-refractivity contribution in [3.05, 3.63) is 53.3 Å². The molecule has 0 aliphatic carbocycles. The van der Waals surface area contributed by atoms with Crippen molar-refractivity contribution in [3.8, 4) is 5.75 Å². The summed E-state index contributed by atoms with van der Waals surface area (Å²) in [6.07, 6.45) is 1.38. The van der Waals surface area contributed by atoms with Gasteiger partial charge in [0, 0.05) is 24.2 Å². The lowest BCUT2D eigenvalue weighted by atomic mass is 10.0. The van der Waals surface area contributed by atoms with E-state index < -0.39 is 5.97 Å². The maximum atomic E-state index is 11.8. The Morgan fingerprint density at radius 1 is 1.35 bits per heavy atom. The van der Waals surface area contributed by atoms with Gasteiger partial charge < -0.3 is 19.6 Å². The number of carboxylic acid groups (broad SMARTS) is 1. The first-order chi connectivity index (χ1) is 11.0. The minimum atomic E-state index is -1.20. The number of rotatable bonds is 6. The summed E-state index contributed by atoms with van der Waals surface area (Å²) in [6, 6.07) is 8.37. The van der Waals surface area contributed by atoms with Gasteiger partial charge in [-0.3, -0.25) is 4.79 Å². The Kier molecular flexibility index (Phi) is 5.14. The lowest BCUT2D eigenvalue weighted by Crippen LogP contribution is -2.24. The molecule has 2 N–H and O–H groups in total. The smallest absolute Gasteiger partial charge is 0.287 e. The molecule has 23 heavy (non-hydrogen) atoms. The molecule has 1 amide bonds. The number of ether oxygens (including phenoxy) is 1. The molecule has 0 aliphatic heterocycles. The van der Waals surface area contributed by atoms with Crippen LogP contribution in [-0.2, 0) is 11.2 Å². The number of aromatic amines is 1. The number of carboxylic acids is 1. The summed E-state index contributed by atoms with van der Waals surface area (Å²) in [5.41, 5.74) is 4.52. The predicted molar refractivity (Wildman–Crippen MR) is 82.2 cm³/mol. The molecule has 120 valence electrons. The van der Waals surface area contributed by atoms with Crippen LogP contribution >= 0.6 is 0 Å². The van der Waals surface area contributed by atoms with Crippen LogP contribution in [0.15, 0.2) is 41.6 Å². The molecule has 0 bridgehead atoms. The summed E-state index contributed by atoms with van der Waals surface area (Å²) >= 11 is 0. The van der Waals surface area contributed by atoms with Gasteiger partial charge >= 0.3 is 0 Å². The first kappa shape index (κ1) is 16.3. The van der Waals surface area contributed by atoms with Crippen LogP contribution in [0.4, 0.5) is 0 Å². The summed E-state index contributed by atoms with van der Waals surface area (Å²) in [7, 11) is 1.46. The lowest BCUT2D eigenvalue weighted by Gasteiger charge is -2.11. The Morgan fingerprint density at radius 3 is 2.74 bits per heavy atom. The number of hydrazone groups is 1. The van der Waals surface area contributed by atoms with Gasteiger partial charge in [-0.2, -0.15) is 5.10 Å². The molecule has 2 rings (SSSR count). The van der Waals surface area contributed by atoms with Crippen molar-refractivity contribution in [3.63, 3.8) is 0 Å². The highest BCUT2D eigenvalue weighted by atomic mass is 16.5. The van der Waals surface area contributed by atoms with E-state index in [4.69, 9.17) is 4.74 Å². The first-order valence-electron chi connectivity index (χ1n) is 6.86. The molecular weight excluding hydrogens is 298 g/mol. The van der Waals surface area contributed by atoms with Gasteiger partial charge in [0.15, 0.2) is 0 Å². The number of amides is 1. The molecule has 7 nitrogen and oxygen atoms in total. The van der Waals surface area contributed by atoms with Gasteiger partial charge in [-0.15, -0.1) is 0 Å². The monoisotopic (exact) mass is 314 g/mol. The number of methoxy groups -OCH3 is 1. The fraction of sp³-hybridized carbons (Fsp3) is 0.188. The fourth-order valence-electron chi connectivity index (χ4n) is 2.03. The predicted octanol–water partition coefficient (Wildman–Crippen LogP) is 0.470. The number of carbonyl (C=O) groups is 2. The highest BCUT2D eigenvalue weighted by Gasteiger charge is 2.08. The molecule has 1 heterocycles. The number of benzene rings is 1. The number of hydrogen-bond acceptors (Lipinski definition) is 5. The van der Waals surface area contributed by atoms with Crippen molar-refractivity contribution < 1.29 is 19.4 Å². The second kappa shape index (κ2) is 7.26. The Morgan fingerprint density at radius 2 is 2.13 bits per heavy atom. The van der Waals surface area contributed by atoms with Crippen LogP contribution < -0.4 is 15.3 Å². The number of hydrogen-bond donors (Lipinski definition) is 2. The summed E-state index contributed by atoms with van der Waals surface area (Å²) in [5.74, 6) is -1.10. The lowest BCUT2D eigenvalue weighted by molar-refractivity contribution is -0.304. The Labute approximate surface area is 133 Å². The van der Waals surface area contributed by atoms with Gasteiger partial charge in [-0.1, -0.05) is 0 Å². The maximum Gasteiger partial charge on any atom is 0.287 e. The van der Waals surface area contributed by atoms with Gasteiger partial charge in [-0.05, 0) is 42.8 Å². The van der Waals surface area contributed by atoms with Gasteiger partial charge in [0.05, 0.1) is 12.8 Å². The van der Waals surface area contributed by atoms with E-state index in [1.165, 1.54) is 7.11 Å². The quantitative estimate of drug-likeness (QED) is 0.597. The van der Waals surface area contributed by atoms with E-state index in [9.17, 15) is 14.7 Å². The van der Waals surface area contributed by atoms with E-state index in [1.807, 2.05) is 0 Å². The van der Waals surface area contributed by atoms with Crippen LogP contribution in [0.3, 0.4) is 0 Å². The molecule has 0 saturated heterocycles. The van der Waals surface area contributed by atoms with Crippen LogP contribution in [0.5, 0.6) is 5.75 Å². The molecule has 1 aromatic heterocycles. The number of H-pyrrole nitrogens is 1. The number of carbonyl (C=O) groups excluding carboxylic acids is 2. The van der Waals surface area contributed by atoms with E-state index in [2.05, 4.69) is 15.5 Å². The molecule has 1 aromatic carbocycles. The zero-order chi connectivity index (χ0) is 16.8. The van der Waals surface area contributed by atoms with Crippen LogP contribution in [0.1, 0.15) is 28.5 Å². The minimum Gasteiger partial charge on any atom is -0.550 e. The second-order valence-electron chi connectivity index (χ2n) is 4.80. The van der Waals surface area contributed by atoms with Gasteiger partial charge in [0.2, 0.25) is 0 Å². The van der Waals surface area contributed by atoms with Crippen LogP contribution in [-0.4, -0.2) is 29.7 Å². The average molecular weight is 314 g/mol. The molecule has 7 heteroatoms. The minimum absolute atomic E-state index is 0.265. The van der Waals surface area contributed by atoms with Crippen LogP contribution in [0, 0.1) is 0 Å². The molecule has 0 unspecified atom stereocenters. The number of aliphatic carboxylic acids is 1. The van der Waals surface area contributed by atoms with E-state index in [1.54, 1.807) is 43.5 Å². The van der Waals surface area contributed by atoms with E-state index in [0.717, 1.165) is 0 Å². The van der Waals surface area contributed by atoms with Crippen molar-refractivity contribution in [2.24, 2.45) is 5.10 Å². The van der Waals surface area contributed by atoms with Gasteiger partial charge in [0.1, 0.15) is 11.4 Å². The summed E-state index contributed by atoms with van der Waals surface area (Å²) in [6.45, 7) is 1.71. The summed E-state index contributed by atoms with van der Waals surface area (Å²) in [4.78, 5) is 25.4. The molecule has 2 aromatic rings. The zero-order valence-electron chi connectivity index (χ0n) is 12.8. The van der Waals surface area contributed by atoms with Crippen molar-refractivity contribution in [1.82, 2.24) is 10.4 Å².